The Bertz CT molecular complexity index is 518. The molecule has 0 bridgehead atoms. The van der Waals surface area contributed by atoms with E-state index in [-0.39, 0.29) is 12.5 Å². The van der Waals surface area contributed by atoms with Crippen LogP contribution in [0.2, 0.25) is 0 Å². The highest BCUT2D eigenvalue weighted by Crippen LogP contribution is 2.31. The molecule has 1 fully saturated rings. The van der Waals surface area contributed by atoms with Crippen LogP contribution < -0.4 is 15.4 Å². The second kappa shape index (κ2) is 5.32. The summed E-state index contributed by atoms with van der Waals surface area (Å²) in [6.07, 6.45) is 2.28. The maximum absolute atomic E-state index is 11.3. The fourth-order valence-corrected chi connectivity index (χ4v) is 2.83. The maximum Gasteiger partial charge on any atom is 0.262 e. The molecule has 2 N–H and O–H groups in total. The summed E-state index contributed by atoms with van der Waals surface area (Å²) in [5.74, 6) is 0.648. The van der Waals surface area contributed by atoms with Crippen molar-refractivity contribution < 1.29 is 9.53 Å². The number of rotatable bonds is 2. The number of carbonyl (C=O) groups is 1. The highest BCUT2D eigenvalue weighted by Gasteiger charge is 2.23. The Morgan fingerprint density at radius 3 is 3.10 bits per heavy atom. The Hall–Kier alpha value is -1.75. The first kappa shape index (κ1) is 13.2. The molecule has 0 spiro atoms. The van der Waals surface area contributed by atoms with Gasteiger partial charge in [0.2, 0.25) is 0 Å². The van der Waals surface area contributed by atoms with Gasteiger partial charge in [-0.2, -0.15) is 0 Å². The molecule has 5 nitrogen and oxygen atoms in total. The Morgan fingerprint density at radius 1 is 1.45 bits per heavy atom. The Labute approximate surface area is 119 Å². The number of carbonyl (C=O) groups excluding carboxylic acids is 1. The summed E-state index contributed by atoms with van der Waals surface area (Å²) >= 11 is 0. The molecule has 3 rings (SSSR count). The Morgan fingerprint density at radius 2 is 2.30 bits per heavy atom. The molecular formula is C15H21N3O2. The van der Waals surface area contributed by atoms with E-state index >= 15 is 0 Å². The second-order valence-electron chi connectivity index (χ2n) is 5.74. The third kappa shape index (κ3) is 2.72. The molecule has 0 radical (unpaired) electrons. The van der Waals surface area contributed by atoms with Crippen molar-refractivity contribution in [2.45, 2.75) is 31.8 Å². The van der Waals surface area contributed by atoms with Crippen LogP contribution in [0.15, 0.2) is 18.2 Å². The van der Waals surface area contributed by atoms with Crippen LogP contribution in [0.4, 0.5) is 11.4 Å². The zero-order valence-electron chi connectivity index (χ0n) is 12.0. The minimum absolute atomic E-state index is 0.0948. The predicted octanol–water partition coefficient (Wildman–Crippen LogP) is 1.91. The maximum atomic E-state index is 11.3. The van der Waals surface area contributed by atoms with Gasteiger partial charge in [-0.3, -0.25) is 4.79 Å². The Kier molecular flexibility index (Phi) is 3.53. The summed E-state index contributed by atoms with van der Waals surface area (Å²) in [6, 6.07) is 6.96. The van der Waals surface area contributed by atoms with Crippen molar-refractivity contribution in [3.05, 3.63) is 18.2 Å². The molecule has 0 aromatic heterocycles. The van der Waals surface area contributed by atoms with Crippen LogP contribution in [0.25, 0.3) is 0 Å². The smallest absolute Gasteiger partial charge is 0.262 e. The van der Waals surface area contributed by atoms with E-state index in [1.165, 1.54) is 0 Å². The predicted molar refractivity (Wildman–Crippen MR) is 79.3 cm³/mol. The lowest BCUT2D eigenvalue weighted by atomic mass is 9.98. The van der Waals surface area contributed by atoms with Gasteiger partial charge in [0, 0.05) is 24.3 Å². The van der Waals surface area contributed by atoms with Crippen LogP contribution in [0.3, 0.4) is 0 Å². The van der Waals surface area contributed by atoms with Crippen molar-refractivity contribution in [2.24, 2.45) is 0 Å². The summed E-state index contributed by atoms with van der Waals surface area (Å²) in [7, 11) is 2.17. The zero-order chi connectivity index (χ0) is 14.1. The fourth-order valence-electron chi connectivity index (χ4n) is 2.83. The molecule has 20 heavy (non-hydrogen) atoms. The van der Waals surface area contributed by atoms with Gasteiger partial charge < -0.3 is 20.3 Å². The molecule has 0 aliphatic carbocycles. The van der Waals surface area contributed by atoms with Crippen LogP contribution in [-0.4, -0.2) is 43.1 Å². The summed E-state index contributed by atoms with van der Waals surface area (Å²) in [5.41, 5.74) is 1.79. The number of fused-ring (bicyclic) bond motifs is 1. The lowest BCUT2D eigenvalue weighted by Gasteiger charge is -2.36. The molecule has 2 unspecified atom stereocenters. The van der Waals surface area contributed by atoms with Crippen molar-refractivity contribution >= 4 is 17.3 Å². The first-order valence-electron chi connectivity index (χ1n) is 7.15. The van der Waals surface area contributed by atoms with E-state index in [0.29, 0.717) is 12.1 Å². The van der Waals surface area contributed by atoms with Crippen LogP contribution in [0, 0.1) is 0 Å². The average molecular weight is 275 g/mol. The monoisotopic (exact) mass is 275 g/mol. The third-order valence-corrected chi connectivity index (χ3v) is 4.19. The van der Waals surface area contributed by atoms with Crippen molar-refractivity contribution in [3.8, 4) is 5.75 Å². The highest BCUT2D eigenvalue weighted by molar-refractivity contribution is 5.96. The number of anilines is 2. The molecule has 1 aromatic carbocycles. The normalized spacial score (nSPS) is 26.4. The number of likely N-dealkylation sites (tertiary alicyclic amines) is 1. The number of benzene rings is 1. The van der Waals surface area contributed by atoms with E-state index in [4.69, 9.17) is 4.74 Å². The van der Waals surface area contributed by atoms with Crippen molar-refractivity contribution in [1.82, 2.24) is 4.90 Å². The van der Waals surface area contributed by atoms with Crippen LogP contribution in [0.5, 0.6) is 5.75 Å². The number of hydrogen-bond acceptors (Lipinski definition) is 4. The summed E-state index contributed by atoms with van der Waals surface area (Å²) in [6.45, 7) is 3.48. The van der Waals surface area contributed by atoms with Gasteiger partial charge in [0.1, 0.15) is 5.75 Å². The van der Waals surface area contributed by atoms with Gasteiger partial charge in [-0.05, 0) is 45.0 Å². The standard InChI is InChI=1S/C15H21N3O2/c1-10-7-12(5-6-18(10)2)16-11-3-4-14-13(8-11)17-15(19)9-20-14/h3-4,8,10,12,16H,5-7,9H2,1-2H3,(H,17,19). The van der Waals surface area contributed by atoms with Gasteiger partial charge in [0.25, 0.3) is 5.91 Å². The van der Waals surface area contributed by atoms with E-state index in [1.807, 2.05) is 18.2 Å². The van der Waals surface area contributed by atoms with E-state index in [1.54, 1.807) is 0 Å². The Balaban J connectivity index is 1.69. The molecule has 2 aliphatic heterocycles. The molecular weight excluding hydrogens is 254 g/mol. The van der Waals surface area contributed by atoms with E-state index in [2.05, 4.69) is 29.5 Å². The van der Waals surface area contributed by atoms with Crippen molar-refractivity contribution in [1.29, 1.82) is 0 Å². The minimum Gasteiger partial charge on any atom is -0.482 e. The minimum atomic E-state index is -0.0948. The molecule has 1 aromatic rings. The molecule has 2 aliphatic rings. The zero-order valence-corrected chi connectivity index (χ0v) is 12.0. The number of nitrogens with one attached hydrogen (secondary N) is 2. The van der Waals surface area contributed by atoms with E-state index in [9.17, 15) is 4.79 Å². The lowest BCUT2D eigenvalue weighted by Crippen LogP contribution is -2.42. The van der Waals surface area contributed by atoms with Gasteiger partial charge in [-0.1, -0.05) is 0 Å². The average Bonchev–Trinajstić information content (AvgIpc) is 2.42. The highest BCUT2D eigenvalue weighted by atomic mass is 16.5. The number of piperidine rings is 1. The van der Waals surface area contributed by atoms with Gasteiger partial charge in [-0.25, -0.2) is 0 Å². The molecule has 2 heterocycles. The number of ether oxygens (including phenoxy) is 1. The molecule has 5 heteroatoms. The van der Waals surface area contributed by atoms with Gasteiger partial charge in [0.15, 0.2) is 6.61 Å². The molecule has 2 atom stereocenters. The summed E-state index contributed by atoms with van der Waals surface area (Å²) < 4.78 is 5.37. The van der Waals surface area contributed by atoms with Crippen molar-refractivity contribution in [3.63, 3.8) is 0 Å². The van der Waals surface area contributed by atoms with Gasteiger partial charge in [-0.15, -0.1) is 0 Å². The van der Waals surface area contributed by atoms with E-state index < -0.39 is 0 Å². The third-order valence-electron chi connectivity index (χ3n) is 4.19. The molecule has 1 amide bonds. The quantitative estimate of drug-likeness (QED) is 0.865. The molecule has 1 saturated heterocycles. The topological polar surface area (TPSA) is 53.6 Å². The second-order valence-corrected chi connectivity index (χ2v) is 5.74. The van der Waals surface area contributed by atoms with Gasteiger partial charge in [0.05, 0.1) is 5.69 Å². The number of nitrogens with zero attached hydrogens (tertiary/aromatic N) is 1. The molecule has 108 valence electrons. The summed E-state index contributed by atoms with van der Waals surface area (Å²) in [4.78, 5) is 13.7. The van der Waals surface area contributed by atoms with Crippen LogP contribution >= 0.6 is 0 Å². The SMILES string of the molecule is CC1CC(Nc2ccc3c(c2)NC(=O)CO3)CCN1C. The van der Waals surface area contributed by atoms with Gasteiger partial charge >= 0.3 is 0 Å². The number of hydrogen-bond donors (Lipinski definition) is 2. The first-order chi connectivity index (χ1) is 9.61. The number of amides is 1. The lowest BCUT2D eigenvalue weighted by molar-refractivity contribution is -0.118. The first-order valence-corrected chi connectivity index (χ1v) is 7.15. The molecule has 0 saturated carbocycles. The largest absolute Gasteiger partial charge is 0.482 e. The van der Waals surface area contributed by atoms with Crippen LogP contribution in [-0.2, 0) is 4.79 Å². The summed E-state index contributed by atoms with van der Waals surface area (Å²) in [5, 5.41) is 6.40. The van der Waals surface area contributed by atoms with Crippen LogP contribution in [0.1, 0.15) is 19.8 Å². The fraction of sp³-hybridized carbons (Fsp3) is 0.533. The van der Waals surface area contributed by atoms with Crippen molar-refractivity contribution in [2.75, 3.05) is 30.8 Å². The van der Waals surface area contributed by atoms with E-state index in [0.717, 1.165) is 36.5 Å².